The fourth-order valence-corrected chi connectivity index (χ4v) is 8.56. The van der Waals surface area contributed by atoms with Crippen LogP contribution in [0.1, 0.15) is 52.0 Å². The van der Waals surface area contributed by atoms with Gasteiger partial charge in [0.05, 0.1) is 5.56 Å². The van der Waals surface area contributed by atoms with Crippen molar-refractivity contribution < 1.29 is 18.0 Å². The Morgan fingerprint density at radius 1 is 1.23 bits per heavy atom. The molecule has 2 heterocycles. The van der Waals surface area contributed by atoms with E-state index in [9.17, 15) is 18.0 Å². The molecule has 0 aromatic carbocycles. The van der Waals surface area contributed by atoms with Gasteiger partial charge in [0.2, 0.25) is 0 Å². The minimum atomic E-state index is -4.36. The number of rotatable bonds is 5. The number of hydrogen-bond acceptors (Lipinski definition) is 5. The lowest BCUT2D eigenvalue weighted by Gasteiger charge is -2.51. The van der Waals surface area contributed by atoms with E-state index in [1.807, 2.05) is 11.9 Å². The first-order valence-corrected chi connectivity index (χ1v) is 12.2. The molecular weight excluding hydrogens is 423 g/mol. The molecule has 8 heteroatoms. The lowest BCUT2D eigenvalue weighted by molar-refractivity contribution is -0.138. The predicted molar refractivity (Wildman–Crippen MR) is 116 cm³/mol. The van der Waals surface area contributed by atoms with E-state index in [0.29, 0.717) is 22.9 Å². The minimum Gasteiger partial charge on any atom is -0.351 e. The van der Waals surface area contributed by atoms with Crippen molar-refractivity contribution in [1.82, 2.24) is 9.29 Å². The van der Waals surface area contributed by atoms with Crippen LogP contribution in [0.15, 0.2) is 18.3 Å². The standard InChI is InChI=1S/C23H30F3N3OS/c1-4-16-13-28(9-10-29(16)19-6-5-15(12-27-19)23(24,25)26)31-14-21-7-8-22(21)17(11-18(21)30)20(22,2)3/h5-6,12,16-17H,4,7-11,13-14H2,1-3H3. The number of nitrogens with zero attached hydrogens (tertiary/aromatic N) is 3. The topological polar surface area (TPSA) is 36.4 Å². The van der Waals surface area contributed by atoms with Crippen LogP contribution in [-0.4, -0.2) is 46.5 Å². The van der Waals surface area contributed by atoms with Crippen molar-refractivity contribution in [2.24, 2.45) is 22.2 Å². The Balaban J connectivity index is 1.23. The molecule has 3 saturated carbocycles. The molecule has 4 aliphatic rings. The maximum atomic E-state index is 12.9. The molecule has 0 bridgehead atoms. The summed E-state index contributed by atoms with van der Waals surface area (Å²) < 4.78 is 40.9. The van der Waals surface area contributed by atoms with Gasteiger partial charge in [-0.05, 0) is 48.1 Å². The first kappa shape index (κ1) is 21.6. The number of halogens is 3. The van der Waals surface area contributed by atoms with E-state index in [0.717, 1.165) is 56.9 Å². The van der Waals surface area contributed by atoms with E-state index < -0.39 is 11.7 Å². The molecule has 0 amide bonds. The zero-order valence-electron chi connectivity index (χ0n) is 18.3. The van der Waals surface area contributed by atoms with E-state index in [1.165, 1.54) is 12.5 Å². The molecule has 1 spiro atoms. The number of anilines is 1. The Bertz CT molecular complexity index is 889. The van der Waals surface area contributed by atoms with E-state index in [1.54, 1.807) is 0 Å². The lowest BCUT2D eigenvalue weighted by Crippen LogP contribution is -2.53. The van der Waals surface area contributed by atoms with Gasteiger partial charge in [0.1, 0.15) is 11.6 Å². The van der Waals surface area contributed by atoms with Gasteiger partial charge in [0, 0.05) is 49.5 Å². The maximum absolute atomic E-state index is 12.9. The largest absolute Gasteiger partial charge is 0.417 e. The highest BCUT2D eigenvalue weighted by Crippen LogP contribution is 2.89. The molecule has 0 radical (unpaired) electrons. The molecule has 31 heavy (non-hydrogen) atoms. The molecule has 4 atom stereocenters. The molecule has 4 nitrogen and oxygen atoms in total. The predicted octanol–water partition coefficient (Wildman–Crippen LogP) is 5.04. The second kappa shape index (κ2) is 6.86. The highest BCUT2D eigenvalue weighted by Gasteiger charge is 2.88. The average Bonchev–Trinajstić information content (AvgIpc) is 3.16. The summed E-state index contributed by atoms with van der Waals surface area (Å²) in [5, 5.41) is 0. The van der Waals surface area contributed by atoms with E-state index >= 15 is 0 Å². The number of ketones is 1. The Labute approximate surface area is 186 Å². The number of piperazine rings is 1. The van der Waals surface area contributed by atoms with Gasteiger partial charge < -0.3 is 4.90 Å². The third-order valence-corrected chi connectivity index (χ3v) is 10.4. The lowest BCUT2D eigenvalue weighted by atomic mass is 9.55. The summed E-state index contributed by atoms with van der Waals surface area (Å²) in [6.07, 6.45) is 0.447. The summed E-state index contributed by atoms with van der Waals surface area (Å²) in [7, 11) is 0. The first-order valence-electron chi connectivity index (χ1n) is 11.3. The molecule has 5 rings (SSSR count). The van der Waals surface area contributed by atoms with Crippen molar-refractivity contribution in [2.45, 2.75) is 58.7 Å². The SMILES string of the molecule is CCC1CN(SCC23CCC24C(CC3=O)C4(C)C)CCN1c1ccc(C(F)(F)F)cn1. The second-order valence-corrected chi connectivity index (χ2v) is 11.3. The Kier molecular flexibility index (Phi) is 4.77. The van der Waals surface area contributed by atoms with Crippen LogP contribution < -0.4 is 4.90 Å². The molecule has 1 aromatic heterocycles. The van der Waals surface area contributed by atoms with Crippen LogP contribution in [0.5, 0.6) is 0 Å². The van der Waals surface area contributed by atoms with Crippen molar-refractivity contribution in [3.8, 4) is 0 Å². The Hall–Kier alpha value is -1.28. The second-order valence-electron chi connectivity index (χ2n) is 10.3. The fraction of sp³-hybridized carbons (Fsp3) is 0.739. The molecule has 0 N–H and O–H groups in total. The van der Waals surface area contributed by atoms with Crippen molar-refractivity contribution in [2.75, 3.05) is 30.3 Å². The zero-order chi connectivity index (χ0) is 22.2. The number of alkyl halides is 3. The molecule has 3 aliphatic carbocycles. The zero-order valence-corrected chi connectivity index (χ0v) is 19.2. The number of pyridine rings is 1. The van der Waals surface area contributed by atoms with Crippen LogP contribution in [0.25, 0.3) is 0 Å². The molecule has 1 aliphatic heterocycles. The van der Waals surface area contributed by atoms with Gasteiger partial charge >= 0.3 is 6.18 Å². The number of aromatic nitrogens is 1. The van der Waals surface area contributed by atoms with E-state index in [4.69, 9.17) is 0 Å². The first-order chi connectivity index (χ1) is 14.6. The number of carbonyl (C=O) groups excluding carboxylic acids is 1. The number of Topliss-reactive ketones (excluding diaryl/α,β-unsaturated/α-hetero) is 1. The summed E-state index contributed by atoms with van der Waals surface area (Å²) in [4.78, 5) is 19.1. The maximum Gasteiger partial charge on any atom is 0.417 e. The van der Waals surface area contributed by atoms with Crippen molar-refractivity contribution >= 4 is 23.5 Å². The normalized spacial score (nSPS) is 36.7. The quantitative estimate of drug-likeness (QED) is 0.584. The van der Waals surface area contributed by atoms with Gasteiger partial charge in [-0.1, -0.05) is 32.7 Å². The van der Waals surface area contributed by atoms with Crippen LogP contribution in [-0.2, 0) is 11.0 Å². The van der Waals surface area contributed by atoms with Crippen LogP contribution >= 0.6 is 11.9 Å². The van der Waals surface area contributed by atoms with Crippen LogP contribution in [0.2, 0.25) is 0 Å². The summed E-state index contributed by atoms with van der Waals surface area (Å²) in [6.45, 7) is 9.15. The minimum absolute atomic E-state index is 0.125. The van der Waals surface area contributed by atoms with Crippen molar-refractivity contribution in [3.05, 3.63) is 23.9 Å². The van der Waals surface area contributed by atoms with Gasteiger partial charge in [-0.25, -0.2) is 9.29 Å². The molecule has 1 saturated heterocycles. The van der Waals surface area contributed by atoms with Gasteiger partial charge in [0.25, 0.3) is 0 Å². The summed E-state index contributed by atoms with van der Waals surface area (Å²) >= 11 is 1.82. The van der Waals surface area contributed by atoms with Crippen molar-refractivity contribution in [3.63, 3.8) is 0 Å². The van der Waals surface area contributed by atoms with Gasteiger partial charge in [-0.15, -0.1) is 0 Å². The van der Waals surface area contributed by atoms with Crippen LogP contribution in [0.3, 0.4) is 0 Å². The summed E-state index contributed by atoms with van der Waals surface area (Å²) in [5.74, 6) is 2.54. The van der Waals surface area contributed by atoms with Gasteiger partial charge in [0.15, 0.2) is 0 Å². The number of carbonyl (C=O) groups is 1. The third-order valence-electron chi connectivity index (χ3n) is 9.04. The Morgan fingerprint density at radius 2 is 2.00 bits per heavy atom. The van der Waals surface area contributed by atoms with Crippen LogP contribution in [0, 0.1) is 22.2 Å². The average molecular weight is 454 g/mol. The molecule has 170 valence electrons. The molecule has 4 unspecified atom stereocenters. The smallest absolute Gasteiger partial charge is 0.351 e. The third kappa shape index (κ3) is 2.86. The van der Waals surface area contributed by atoms with Crippen LogP contribution in [0.4, 0.5) is 19.0 Å². The van der Waals surface area contributed by atoms with Crippen molar-refractivity contribution in [1.29, 1.82) is 0 Å². The number of hydrogen-bond donors (Lipinski definition) is 0. The summed E-state index contributed by atoms with van der Waals surface area (Å²) in [6, 6.07) is 2.80. The van der Waals surface area contributed by atoms with Gasteiger partial charge in [-0.3, -0.25) is 4.79 Å². The monoisotopic (exact) mass is 453 g/mol. The fourth-order valence-electron chi connectivity index (χ4n) is 7.11. The Morgan fingerprint density at radius 3 is 2.58 bits per heavy atom. The highest BCUT2D eigenvalue weighted by atomic mass is 32.2. The molecular formula is C23H30F3N3OS. The highest BCUT2D eigenvalue weighted by molar-refractivity contribution is 7.97. The van der Waals surface area contributed by atoms with E-state index in [-0.39, 0.29) is 16.9 Å². The molecule has 1 aromatic rings. The van der Waals surface area contributed by atoms with Gasteiger partial charge in [-0.2, -0.15) is 13.2 Å². The summed E-state index contributed by atoms with van der Waals surface area (Å²) in [5.41, 5.74) is -0.284. The molecule has 4 fully saturated rings. The van der Waals surface area contributed by atoms with E-state index in [2.05, 4.69) is 35.0 Å².